The molecule has 0 aliphatic carbocycles. The molecule has 108 valence electrons. The molecule has 20 heavy (non-hydrogen) atoms. The van der Waals surface area contributed by atoms with Crippen LogP contribution in [-0.4, -0.2) is 34.9 Å². The topological polar surface area (TPSA) is 75.5 Å². The fraction of sp³-hybridized carbons (Fsp3) is 0.462. The van der Waals surface area contributed by atoms with Gasteiger partial charge in [-0.15, -0.1) is 0 Å². The van der Waals surface area contributed by atoms with Gasteiger partial charge >= 0.3 is 0 Å². The number of non-ortho nitro benzene ring substituents is 1. The average molecular weight is 342 g/mol. The summed E-state index contributed by atoms with van der Waals surface area (Å²) in [6, 6.07) is 4.89. The van der Waals surface area contributed by atoms with Gasteiger partial charge in [0.15, 0.2) is 0 Å². The van der Waals surface area contributed by atoms with Crippen LogP contribution in [0.1, 0.15) is 19.8 Å². The second-order valence-electron chi connectivity index (χ2n) is 4.85. The van der Waals surface area contributed by atoms with Gasteiger partial charge in [-0.3, -0.25) is 14.9 Å². The molecule has 0 bridgehead atoms. The van der Waals surface area contributed by atoms with Gasteiger partial charge in [-0.1, -0.05) is 0 Å². The number of nitro groups is 1. The zero-order valence-electron chi connectivity index (χ0n) is 11.1. The molecule has 0 spiro atoms. The maximum absolute atomic E-state index is 11.3. The van der Waals surface area contributed by atoms with E-state index in [1.54, 1.807) is 13.0 Å². The third-order valence-electron chi connectivity index (χ3n) is 3.46. The number of rotatable bonds is 3. The molecule has 1 fully saturated rings. The quantitative estimate of drug-likeness (QED) is 0.677. The first-order valence-corrected chi connectivity index (χ1v) is 7.22. The van der Waals surface area contributed by atoms with Gasteiger partial charge in [0.25, 0.3) is 5.69 Å². The Bertz CT molecular complexity index is 528. The Hall–Kier alpha value is -1.63. The first-order valence-electron chi connectivity index (χ1n) is 6.43. The second-order valence-corrected chi connectivity index (χ2v) is 5.70. The number of likely N-dealkylation sites (tertiary alicyclic amines) is 1. The Kier molecular flexibility index (Phi) is 4.59. The Morgan fingerprint density at radius 2 is 2.10 bits per heavy atom. The highest BCUT2D eigenvalue weighted by Crippen LogP contribution is 2.29. The van der Waals surface area contributed by atoms with Crippen LogP contribution in [0.2, 0.25) is 0 Å². The van der Waals surface area contributed by atoms with E-state index in [0.717, 1.165) is 36.1 Å². The third kappa shape index (κ3) is 3.47. The SMILES string of the molecule is CC(=O)N1CCC(Nc2cc([N+](=O)[O-])ccc2Br)CC1. The molecule has 1 N–H and O–H groups in total. The molecule has 1 aromatic carbocycles. The lowest BCUT2D eigenvalue weighted by atomic mass is 10.0. The third-order valence-corrected chi connectivity index (χ3v) is 4.15. The molecule has 0 unspecified atom stereocenters. The van der Waals surface area contributed by atoms with Gasteiger partial charge in [-0.25, -0.2) is 0 Å². The highest BCUT2D eigenvalue weighted by molar-refractivity contribution is 9.10. The molecular formula is C13H16BrN3O3. The van der Waals surface area contributed by atoms with Crippen molar-refractivity contribution in [3.8, 4) is 0 Å². The van der Waals surface area contributed by atoms with Crippen molar-refractivity contribution in [2.75, 3.05) is 18.4 Å². The van der Waals surface area contributed by atoms with E-state index in [4.69, 9.17) is 0 Å². The summed E-state index contributed by atoms with van der Waals surface area (Å²) in [5.74, 6) is 0.0972. The predicted octanol–water partition coefficient (Wildman–Crippen LogP) is 2.78. The van der Waals surface area contributed by atoms with Gasteiger partial charge in [-0.05, 0) is 34.8 Å². The van der Waals surface area contributed by atoms with Crippen LogP contribution in [0.25, 0.3) is 0 Å². The number of piperidine rings is 1. The fourth-order valence-corrected chi connectivity index (χ4v) is 2.66. The minimum atomic E-state index is -0.407. The minimum absolute atomic E-state index is 0.0665. The van der Waals surface area contributed by atoms with E-state index in [1.165, 1.54) is 12.1 Å². The van der Waals surface area contributed by atoms with Crippen LogP contribution in [0.15, 0.2) is 22.7 Å². The molecule has 1 aliphatic heterocycles. The molecule has 6 nitrogen and oxygen atoms in total. The summed E-state index contributed by atoms with van der Waals surface area (Å²) in [5.41, 5.74) is 0.789. The molecular weight excluding hydrogens is 326 g/mol. The van der Waals surface area contributed by atoms with Gasteiger partial charge in [0.2, 0.25) is 5.91 Å². The van der Waals surface area contributed by atoms with Gasteiger partial charge in [0.05, 0.1) is 10.6 Å². The lowest BCUT2D eigenvalue weighted by molar-refractivity contribution is -0.384. The molecule has 0 radical (unpaired) electrons. The summed E-state index contributed by atoms with van der Waals surface area (Å²) in [4.78, 5) is 23.5. The van der Waals surface area contributed by atoms with E-state index in [1.807, 2.05) is 4.90 Å². The van der Waals surface area contributed by atoms with Crippen LogP contribution in [-0.2, 0) is 4.79 Å². The fourth-order valence-electron chi connectivity index (χ4n) is 2.30. The van der Waals surface area contributed by atoms with Crippen LogP contribution in [0.4, 0.5) is 11.4 Å². The van der Waals surface area contributed by atoms with Gasteiger partial charge in [0, 0.05) is 42.7 Å². The number of hydrogen-bond donors (Lipinski definition) is 1. The van der Waals surface area contributed by atoms with Crippen molar-refractivity contribution >= 4 is 33.2 Å². The van der Waals surface area contributed by atoms with E-state index in [0.29, 0.717) is 0 Å². The van der Waals surface area contributed by atoms with Gasteiger partial charge in [0.1, 0.15) is 0 Å². The highest BCUT2D eigenvalue weighted by atomic mass is 79.9. The molecule has 1 saturated heterocycles. The van der Waals surface area contributed by atoms with Crippen molar-refractivity contribution in [1.29, 1.82) is 0 Å². The number of amides is 1. The van der Waals surface area contributed by atoms with Gasteiger partial charge < -0.3 is 10.2 Å². The lowest BCUT2D eigenvalue weighted by Gasteiger charge is -2.32. The first-order chi connectivity index (χ1) is 9.47. The molecule has 0 aromatic heterocycles. The smallest absolute Gasteiger partial charge is 0.271 e. The summed E-state index contributed by atoms with van der Waals surface area (Å²) in [5, 5.41) is 14.1. The highest BCUT2D eigenvalue weighted by Gasteiger charge is 2.21. The van der Waals surface area contributed by atoms with Crippen molar-refractivity contribution < 1.29 is 9.72 Å². The number of halogens is 1. The second kappa shape index (κ2) is 6.21. The molecule has 0 atom stereocenters. The zero-order valence-corrected chi connectivity index (χ0v) is 12.7. The Labute approximate surface area is 125 Å². The number of nitrogens with one attached hydrogen (secondary N) is 1. The summed E-state index contributed by atoms with van der Waals surface area (Å²) in [6.45, 7) is 3.02. The monoisotopic (exact) mass is 341 g/mol. The normalized spacial score (nSPS) is 16.0. The Morgan fingerprint density at radius 3 is 2.65 bits per heavy atom. The molecule has 7 heteroatoms. The summed E-state index contributed by atoms with van der Waals surface area (Å²) in [6.07, 6.45) is 1.68. The molecule has 1 amide bonds. The van der Waals surface area contributed by atoms with Crippen molar-refractivity contribution in [1.82, 2.24) is 4.90 Å². The van der Waals surface area contributed by atoms with E-state index in [-0.39, 0.29) is 17.6 Å². The number of benzene rings is 1. The van der Waals surface area contributed by atoms with E-state index in [2.05, 4.69) is 21.2 Å². The number of carbonyl (C=O) groups is 1. The molecule has 0 saturated carbocycles. The summed E-state index contributed by atoms with van der Waals surface area (Å²) in [7, 11) is 0. The molecule has 1 aromatic rings. The number of anilines is 1. The number of hydrogen-bond acceptors (Lipinski definition) is 4. The van der Waals surface area contributed by atoms with Crippen molar-refractivity contribution in [3.63, 3.8) is 0 Å². The van der Waals surface area contributed by atoms with Crippen molar-refractivity contribution in [3.05, 3.63) is 32.8 Å². The summed E-state index contributed by atoms with van der Waals surface area (Å²) >= 11 is 3.39. The number of carbonyl (C=O) groups excluding carboxylic acids is 1. The van der Waals surface area contributed by atoms with Crippen molar-refractivity contribution in [2.24, 2.45) is 0 Å². The van der Waals surface area contributed by atoms with E-state index in [9.17, 15) is 14.9 Å². The number of nitro benzene ring substituents is 1. The van der Waals surface area contributed by atoms with Crippen LogP contribution >= 0.6 is 15.9 Å². The maximum atomic E-state index is 11.3. The van der Waals surface area contributed by atoms with Crippen LogP contribution in [0.5, 0.6) is 0 Å². The van der Waals surface area contributed by atoms with Gasteiger partial charge in [-0.2, -0.15) is 0 Å². The molecule has 2 rings (SSSR count). The van der Waals surface area contributed by atoms with E-state index < -0.39 is 4.92 Å². The minimum Gasteiger partial charge on any atom is -0.381 e. The average Bonchev–Trinajstić information content (AvgIpc) is 2.41. The van der Waals surface area contributed by atoms with Crippen LogP contribution in [0, 0.1) is 10.1 Å². The lowest BCUT2D eigenvalue weighted by Crippen LogP contribution is -2.41. The standard InChI is InChI=1S/C13H16BrN3O3/c1-9(18)16-6-4-10(5-7-16)15-13-8-11(17(19)20)2-3-12(13)14/h2-3,8,10,15H,4-7H2,1H3. The van der Waals surface area contributed by atoms with Crippen LogP contribution in [0.3, 0.4) is 0 Å². The van der Waals surface area contributed by atoms with E-state index >= 15 is 0 Å². The van der Waals surface area contributed by atoms with Crippen molar-refractivity contribution in [2.45, 2.75) is 25.8 Å². The Morgan fingerprint density at radius 1 is 1.45 bits per heavy atom. The summed E-state index contributed by atoms with van der Waals surface area (Å²) < 4.78 is 0.803. The van der Waals surface area contributed by atoms with Crippen LogP contribution < -0.4 is 5.32 Å². The molecule has 1 heterocycles. The number of nitrogens with zero attached hydrogens (tertiary/aromatic N) is 2. The first kappa shape index (κ1) is 14.8. The maximum Gasteiger partial charge on any atom is 0.271 e. The Balaban J connectivity index is 2.02. The molecule has 1 aliphatic rings. The zero-order chi connectivity index (χ0) is 14.7. The predicted molar refractivity (Wildman–Crippen MR) is 79.7 cm³/mol. The largest absolute Gasteiger partial charge is 0.381 e.